The summed E-state index contributed by atoms with van der Waals surface area (Å²) in [5.41, 5.74) is 22.4. The third-order valence-corrected chi connectivity index (χ3v) is 18.5. The lowest BCUT2D eigenvalue weighted by Gasteiger charge is -2.55. The zero-order valence-corrected chi connectivity index (χ0v) is 42.6. The molecule has 1 saturated carbocycles. The number of furan rings is 1. The van der Waals surface area contributed by atoms with Crippen LogP contribution < -0.4 is 20.6 Å². The van der Waals surface area contributed by atoms with Crippen molar-refractivity contribution >= 4 is 73.2 Å². The fourth-order valence-electron chi connectivity index (χ4n) is 14.1. The van der Waals surface area contributed by atoms with Gasteiger partial charge in [-0.3, -0.25) is 0 Å². The van der Waals surface area contributed by atoms with Gasteiger partial charge in [0.2, 0.25) is 0 Å². The molecular weight excluding hydrogens is 824 g/mol. The summed E-state index contributed by atoms with van der Waals surface area (Å²) in [6.45, 7) is 29.2. The predicted molar refractivity (Wildman–Crippen MR) is 291 cm³/mol. The fraction of sp³-hybridized carbons (Fsp3) is 0.375. The lowest BCUT2D eigenvalue weighted by Crippen LogP contribution is -2.70. The molecule has 0 N–H and O–H groups in total. The lowest BCUT2D eigenvalue weighted by molar-refractivity contribution is 0.199. The van der Waals surface area contributed by atoms with Gasteiger partial charge in [-0.05, 0) is 146 Å². The van der Waals surface area contributed by atoms with Crippen LogP contribution in [-0.4, -0.2) is 12.4 Å². The molecule has 2 atom stereocenters. The molecule has 8 aromatic rings. The Hall–Kier alpha value is -5.74. The normalized spacial score (nSPS) is 22.0. The second-order valence-electron chi connectivity index (χ2n) is 25.5. The smallest absolute Gasteiger partial charge is 0.328 e. The average Bonchev–Trinajstić information content (AvgIpc) is 3.76. The van der Waals surface area contributed by atoms with Crippen molar-refractivity contribution in [2.24, 2.45) is 0 Å². The highest BCUT2D eigenvalue weighted by Gasteiger charge is 2.63. The van der Waals surface area contributed by atoms with Gasteiger partial charge in [0.1, 0.15) is 11.2 Å². The van der Waals surface area contributed by atoms with Crippen LogP contribution in [0.1, 0.15) is 149 Å². The van der Waals surface area contributed by atoms with E-state index in [1.165, 1.54) is 132 Å². The van der Waals surface area contributed by atoms with Crippen molar-refractivity contribution in [1.82, 2.24) is 0 Å². The first-order valence-corrected chi connectivity index (χ1v) is 25.8. The summed E-state index contributed by atoms with van der Waals surface area (Å²) in [7, 11) is 0. The van der Waals surface area contributed by atoms with E-state index < -0.39 is 0 Å². The number of hydrogen-bond acceptors (Lipinski definition) is 3. The minimum atomic E-state index is -0.102. The van der Waals surface area contributed by atoms with Crippen molar-refractivity contribution in [2.45, 2.75) is 154 Å². The van der Waals surface area contributed by atoms with E-state index in [4.69, 9.17) is 4.42 Å². The maximum absolute atomic E-state index is 7.24. The Kier molecular flexibility index (Phi) is 8.43. The minimum absolute atomic E-state index is 0.0103. The van der Waals surface area contributed by atoms with Crippen LogP contribution in [-0.2, 0) is 27.1 Å². The third-order valence-electron chi connectivity index (χ3n) is 18.5. The Balaban J connectivity index is 1.21. The standard InChI is InChI=1S/C64H67BN2O/c1-59(2,3)40-24-25-52(43(31-40)38-20-14-13-15-21-38)66-53-37-55-45(44-34-48-49(36-54(44)68-55)62(9,10)29-28-61(48,7)8)35-51(53)65-56-46(30-39-22-16-17-23-42(39)58(56)66)47-32-41(60(4,5)6)33-50-57(47)67(65)64(12)27-19-18-26-63(50,64)11/h13-17,20-25,30-37H,18-19,26-29H2,1-12H3. The molecule has 342 valence electrons. The van der Waals surface area contributed by atoms with Crippen LogP contribution >= 0.6 is 0 Å². The molecule has 0 saturated heterocycles. The fourth-order valence-corrected chi connectivity index (χ4v) is 14.1. The molecule has 1 fully saturated rings. The maximum Gasteiger partial charge on any atom is 0.328 e. The average molecular weight is 891 g/mol. The molecule has 2 aliphatic carbocycles. The van der Waals surface area contributed by atoms with Crippen molar-refractivity contribution in [3.8, 4) is 22.3 Å². The molecule has 3 aliphatic heterocycles. The molecule has 3 nitrogen and oxygen atoms in total. The molecule has 2 unspecified atom stereocenters. The first-order chi connectivity index (χ1) is 32.2. The van der Waals surface area contributed by atoms with Gasteiger partial charge in [0, 0.05) is 55.7 Å². The van der Waals surface area contributed by atoms with E-state index in [9.17, 15) is 0 Å². The van der Waals surface area contributed by atoms with Gasteiger partial charge < -0.3 is 14.1 Å². The Morgan fingerprint density at radius 3 is 1.90 bits per heavy atom. The predicted octanol–water partition coefficient (Wildman–Crippen LogP) is 16.3. The number of anilines is 4. The van der Waals surface area contributed by atoms with Crippen LogP contribution in [0.4, 0.5) is 22.7 Å². The Labute approximate surface area is 405 Å². The SMILES string of the molecule is CC(C)(C)c1ccc(N2c3cc4oc5cc6c(cc5c4cc3B3c4c(cc5ccccc5c42)-c2cc(C(C)(C)C)cc4c2N3C2(C)CCCCC42C)C(C)(C)CCC6(C)C)c(-c2ccccc2)c1. The van der Waals surface area contributed by atoms with Crippen LogP contribution in [0.25, 0.3) is 55.0 Å². The van der Waals surface area contributed by atoms with Gasteiger partial charge in [0.05, 0.1) is 11.4 Å². The molecule has 0 bridgehead atoms. The monoisotopic (exact) mass is 891 g/mol. The van der Waals surface area contributed by atoms with Crippen molar-refractivity contribution in [1.29, 1.82) is 0 Å². The summed E-state index contributed by atoms with van der Waals surface area (Å²) in [5, 5.41) is 5.03. The van der Waals surface area contributed by atoms with Crippen LogP contribution in [0.5, 0.6) is 0 Å². The molecule has 7 aromatic carbocycles. The highest BCUT2D eigenvalue weighted by Crippen LogP contribution is 2.64. The second-order valence-corrected chi connectivity index (χ2v) is 25.5. The van der Waals surface area contributed by atoms with Gasteiger partial charge in [-0.15, -0.1) is 0 Å². The van der Waals surface area contributed by atoms with E-state index in [0.29, 0.717) is 0 Å². The highest BCUT2D eigenvalue weighted by atomic mass is 16.3. The summed E-state index contributed by atoms with van der Waals surface area (Å²) in [6.07, 6.45) is 7.21. The van der Waals surface area contributed by atoms with E-state index in [1.54, 1.807) is 5.56 Å². The van der Waals surface area contributed by atoms with E-state index in [0.717, 1.165) is 17.6 Å². The van der Waals surface area contributed by atoms with Gasteiger partial charge in [0.25, 0.3) is 0 Å². The molecule has 1 aromatic heterocycles. The molecule has 0 spiro atoms. The van der Waals surface area contributed by atoms with Crippen LogP contribution in [0, 0.1) is 0 Å². The molecule has 0 radical (unpaired) electrons. The number of fused-ring (bicyclic) bond motifs is 13. The number of benzene rings is 7. The second kappa shape index (κ2) is 13.5. The molecule has 4 heterocycles. The van der Waals surface area contributed by atoms with E-state index in [2.05, 4.69) is 208 Å². The summed E-state index contributed by atoms with van der Waals surface area (Å²) < 4.78 is 7.24. The van der Waals surface area contributed by atoms with E-state index >= 15 is 0 Å². The van der Waals surface area contributed by atoms with Gasteiger partial charge in [-0.1, -0.05) is 162 Å². The Bertz CT molecular complexity index is 3490. The van der Waals surface area contributed by atoms with Crippen molar-refractivity contribution in [2.75, 3.05) is 9.71 Å². The summed E-state index contributed by atoms with van der Waals surface area (Å²) in [5.74, 6) is 0. The molecule has 5 aliphatic rings. The van der Waals surface area contributed by atoms with Crippen LogP contribution in [0.15, 0.2) is 120 Å². The number of hydrogen-bond donors (Lipinski definition) is 0. The molecule has 68 heavy (non-hydrogen) atoms. The minimum Gasteiger partial charge on any atom is -0.456 e. The zero-order valence-electron chi connectivity index (χ0n) is 42.6. The van der Waals surface area contributed by atoms with Gasteiger partial charge in [0.15, 0.2) is 0 Å². The topological polar surface area (TPSA) is 19.6 Å². The first kappa shape index (κ1) is 42.4. The molecule has 0 amide bonds. The van der Waals surface area contributed by atoms with Crippen LogP contribution in [0.3, 0.4) is 0 Å². The van der Waals surface area contributed by atoms with Crippen molar-refractivity contribution < 1.29 is 4.42 Å². The Morgan fingerprint density at radius 2 is 1.16 bits per heavy atom. The van der Waals surface area contributed by atoms with E-state index in [1.807, 2.05) is 0 Å². The third kappa shape index (κ3) is 5.55. The van der Waals surface area contributed by atoms with Gasteiger partial charge in [-0.25, -0.2) is 0 Å². The van der Waals surface area contributed by atoms with Crippen LogP contribution in [0.2, 0.25) is 0 Å². The number of nitrogens with zero attached hydrogens (tertiary/aromatic N) is 2. The zero-order chi connectivity index (χ0) is 47.2. The first-order valence-electron chi connectivity index (χ1n) is 25.8. The van der Waals surface area contributed by atoms with Crippen molar-refractivity contribution in [3.63, 3.8) is 0 Å². The highest BCUT2D eigenvalue weighted by molar-refractivity contribution is 6.93. The quantitative estimate of drug-likeness (QED) is 0.161. The molecular formula is C64H67BN2O. The van der Waals surface area contributed by atoms with E-state index in [-0.39, 0.29) is 39.5 Å². The van der Waals surface area contributed by atoms with Gasteiger partial charge in [-0.2, -0.15) is 0 Å². The number of rotatable bonds is 2. The molecule has 4 heteroatoms. The summed E-state index contributed by atoms with van der Waals surface area (Å²) in [4.78, 5) is 5.69. The summed E-state index contributed by atoms with van der Waals surface area (Å²) in [6, 6.07) is 45.5. The summed E-state index contributed by atoms with van der Waals surface area (Å²) >= 11 is 0. The lowest BCUT2D eigenvalue weighted by atomic mass is 9.42. The maximum atomic E-state index is 7.24. The molecule has 13 rings (SSSR count). The van der Waals surface area contributed by atoms with Gasteiger partial charge >= 0.3 is 6.85 Å². The largest absolute Gasteiger partial charge is 0.456 e. The Morgan fingerprint density at radius 1 is 0.515 bits per heavy atom. The van der Waals surface area contributed by atoms with Crippen molar-refractivity contribution in [3.05, 3.63) is 143 Å².